The number of likely N-dealkylation sites (tertiary alicyclic amines) is 2. The summed E-state index contributed by atoms with van der Waals surface area (Å²) in [5, 5.41) is 0. The van der Waals surface area contributed by atoms with Crippen LogP contribution in [0, 0.1) is 11.8 Å². The minimum Gasteiger partial charge on any atom is -0.342 e. The third-order valence-corrected chi connectivity index (χ3v) is 6.25. The van der Waals surface area contributed by atoms with Crippen LogP contribution in [0.2, 0.25) is 0 Å². The molecule has 6 nitrogen and oxygen atoms in total. The highest BCUT2D eigenvalue weighted by Gasteiger charge is 2.33. The van der Waals surface area contributed by atoms with Crippen LogP contribution in [0.15, 0.2) is 24.3 Å². The minimum absolute atomic E-state index is 0.0320. The first-order chi connectivity index (χ1) is 13.5. The van der Waals surface area contributed by atoms with Crippen LogP contribution in [0.5, 0.6) is 0 Å². The molecule has 1 aromatic carbocycles. The summed E-state index contributed by atoms with van der Waals surface area (Å²) < 4.78 is 0. The van der Waals surface area contributed by atoms with Gasteiger partial charge in [-0.05, 0) is 37.8 Å². The third-order valence-electron chi connectivity index (χ3n) is 6.25. The van der Waals surface area contributed by atoms with E-state index in [1.54, 1.807) is 0 Å². The number of nitrogens with one attached hydrogen (secondary N) is 1. The number of hydrogen-bond donors (Lipinski definition) is 1. The number of carbonyl (C=O) groups excluding carboxylic acids is 2. The summed E-state index contributed by atoms with van der Waals surface area (Å²) >= 11 is 0. The zero-order valence-electron chi connectivity index (χ0n) is 16.9. The highest BCUT2D eigenvalue weighted by atomic mass is 16.2. The van der Waals surface area contributed by atoms with Gasteiger partial charge in [-0.25, -0.2) is 4.98 Å². The number of benzene rings is 1. The molecule has 6 heteroatoms. The number of aromatic nitrogens is 2. The molecule has 0 aliphatic carbocycles. The third kappa shape index (κ3) is 3.77. The largest absolute Gasteiger partial charge is 0.342 e. The van der Waals surface area contributed by atoms with Gasteiger partial charge < -0.3 is 14.8 Å². The summed E-state index contributed by atoms with van der Waals surface area (Å²) in [6.45, 7) is 6.89. The summed E-state index contributed by atoms with van der Waals surface area (Å²) in [6.07, 6.45) is 3.49. The van der Waals surface area contributed by atoms with Gasteiger partial charge in [-0.3, -0.25) is 9.59 Å². The molecular formula is C22H30N4O2. The lowest BCUT2D eigenvalue weighted by Gasteiger charge is -2.37. The highest BCUT2D eigenvalue weighted by molar-refractivity contribution is 5.81. The number of amides is 2. The van der Waals surface area contributed by atoms with Crippen LogP contribution in [0.3, 0.4) is 0 Å². The standard InChI is InChI=1S/C22H30N4O2/c1-15(2)21(27)25-13-9-17(10-14-25)22(28)26-11-7-16(8-12-26)20-23-18-5-3-4-6-19(18)24-20/h3-6,15-17H,7-14H2,1-2H3,(H,23,24). The van der Waals surface area contributed by atoms with Crippen LogP contribution >= 0.6 is 0 Å². The molecule has 0 radical (unpaired) electrons. The van der Waals surface area contributed by atoms with Crippen LogP contribution in [0.25, 0.3) is 11.0 Å². The maximum absolute atomic E-state index is 12.9. The number of carbonyl (C=O) groups is 2. The quantitative estimate of drug-likeness (QED) is 0.886. The molecule has 150 valence electrons. The van der Waals surface area contributed by atoms with Gasteiger partial charge in [0.1, 0.15) is 5.82 Å². The number of hydrogen-bond acceptors (Lipinski definition) is 3. The van der Waals surface area contributed by atoms with E-state index in [1.807, 2.05) is 41.8 Å². The molecule has 1 aromatic heterocycles. The monoisotopic (exact) mass is 382 g/mol. The van der Waals surface area contributed by atoms with Gasteiger partial charge in [-0.1, -0.05) is 26.0 Å². The van der Waals surface area contributed by atoms with E-state index < -0.39 is 0 Å². The first kappa shape index (κ1) is 19.0. The number of aromatic amines is 1. The smallest absolute Gasteiger partial charge is 0.225 e. The number of H-pyrrole nitrogens is 1. The molecule has 0 bridgehead atoms. The van der Waals surface area contributed by atoms with Crippen molar-refractivity contribution >= 4 is 22.8 Å². The second-order valence-electron chi connectivity index (χ2n) is 8.49. The summed E-state index contributed by atoms with van der Waals surface area (Å²) in [7, 11) is 0. The van der Waals surface area contributed by atoms with Crippen LogP contribution in [0.1, 0.15) is 51.3 Å². The summed E-state index contributed by atoms with van der Waals surface area (Å²) in [5.74, 6) is 2.02. The Morgan fingerprint density at radius 3 is 2.29 bits per heavy atom. The van der Waals surface area contributed by atoms with E-state index in [0.717, 1.165) is 55.6 Å². The van der Waals surface area contributed by atoms with Crippen molar-refractivity contribution in [3.63, 3.8) is 0 Å². The zero-order chi connectivity index (χ0) is 19.7. The van der Waals surface area contributed by atoms with Gasteiger partial charge in [0.05, 0.1) is 11.0 Å². The fraction of sp³-hybridized carbons (Fsp3) is 0.591. The van der Waals surface area contributed by atoms with E-state index in [2.05, 4.69) is 11.1 Å². The van der Waals surface area contributed by atoms with Crippen LogP contribution in [-0.4, -0.2) is 57.8 Å². The number of nitrogens with zero attached hydrogens (tertiary/aromatic N) is 3. The fourth-order valence-corrected chi connectivity index (χ4v) is 4.51. The molecule has 0 unspecified atom stereocenters. The Balaban J connectivity index is 1.30. The number of piperidine rings is 2. The molecular weight excluding hydrogens is 352 g/mol. The fourth-order valence-electron chi connectivity index (χ4n) is 4.51. The van der Waals surface area contributed by atoms with Crippen molar-refractivity contribution in [3.8, 4) is 0 Å². The second kappa shape index (κ2) is 7.94. The maximum atomic E-state index is 12.9. The molecule has 1 N–H and O–H groups in total. The Bertz CT molecular complexity index is 810. The van der Waals surface area contributed by atoms with Crippen molar-refractivity contribution in [1.29, 1.82) is 0 Å². The zero-order valence-corrected chi connectivity index (χ0v) is 16.9. The van der Waals surface area contributed by atoms with E-state index in [9.17, 15) is 9.59 Å². The topological polar surface area (TPSA) is 69.3 Å². The molecule has 2 aliphatic heterocycles. The summed E-state index contributed by atoms with van der Waals surface area (Å²) in [6, 6.07) is 8.12. The molecule has 2 aliphatic rings. The number of rotatable bonds is 3. The molecule has 2 fully saturated rings. The van der Waals surface area contributed by atoms with Crippen molar-refractivity contribution in [2.24, 2.45) is 11.8 Å². The van der Waals surface area contributed by atoms with Gasteiger partial charge in [-0.15, -0.1) is 0 Å². The second-order valence-corrected chi connectivity index (χ2v) is 8.49. The highest BCUT2D eigenvalue weighted by Crippen LogP contribution is 2.29. The predicted molar refractivity (Wildman–Crippen MR) is 109 cm³/mol. The molecule has 3 heterocycles. The SMILES string of the molecule is CC(C)C(=O)N1CCC(C(=O)N2CCC(c3nc4ccccc4[nH]3)CC2)CC1. The molecule has 4 rings (SSSR count). The van der Waals surface area contributed by atoms with Gasteiger partial charge >= 0.3 is 0 Å². The lowest BCUT2D eigenvalue weighted by Crippen LogP contribution is -2.47. The van der Waals surface area contributed by atoms with Crippen molar-refractivity contribution in [2.75, 3.05) is 26.2 Å². The summed E-state index contributed by atoms with van der Waals surface area (Å²) in [5.41, 5.74) is 2.09. The number of para-hydroxylation sites is 2. The van der Waals surface area contributed by atoms with E-state index in [0.29, 0.717) is 19.0 Å². The molecule has 2 amide bonds. The molecule has 2 aromatic rings. The Kier molecular flexibility index (Phi) is 5.38. The lowest BCUT2D eigenvalue weighted by molar-refractivity contribution is -0.142. The van der Waals surface area contributed by atoms with Crippen molar-refractivity contribution < 1.29 is 9.59 Å². The number of imidazole rings is 1. The van der Waals surface area contributed by atoms with Crippen LogP contribution in [-0.2, 0) is 9.59 Å². The Morgan fingerprint density at radius 2 is 1.64 bits per heavy atom. The molecule has 0 atom stereocenters. The first-order valence-corrected chi connectivity index (χ1v) is 10.5. The average Bonchev–Trinajstić information content (AvgIpc) is 3.17. The van der Waals surface area contributed by atoms with E-state index >= 15 is 0 Å². The van der Waals surface area contributed by atoms with Crippen molar-refractivity contribution in [2.45, 2.75) is 45.4 Å². The van der Waals surface area contributed by atoms with Crippen LogP contribution in [0.4, 0.5) is 0 Å². The Morgan fingerprint density at radius 1 is 1.00 bits per heavy atom. The average molecular weight is 383 g/mol. The molecule has 0 spiro atoms. The van der Waals surface area contributed by atoms with Gasteiger partial charge in [0.25, 0.3) is 0 Å². The maximum Gasteiger partial charge on any atom is 0.225 e. The molecule has 0 saturated carbocycles. The minimum atomic E-state index is 0.0320. The van der Waals surface area contributed by atoms with E-state index in [1.165, 1.54) is 0 Å². The van der Waals surface area contributed by atoms with Gasteiger partial charge in [0.2, 0.25) is 11.8 Å². The lowest BCUT2D eigenvalue weighted by atomic mass is 9.91. The Labute approximate surface area is 166 Å². The van der Waals surface area contributed by atoms with Crippen molar-refractivity contribution in [1.82, 2.24) is 19.8 Å². The number of fused-ring (bicyclic) bond motifs is 1. The van der Waals surface area contributed by atoms with Gasteiger partial charge in [0, 0.05) is 43.9 Å². The Hall–Kier alpha value is -2.37. The summed E-state index contributed by atoms with van der Waals surface area (Å²) in [4.78, 5) is 37.2. The van der Waals surface area contributed by atoms with Gasteiger partial charge in [0.15, 0.2) is 0 Å². The van der Waals surface area contributed by atoms with E-state index in [4.69, 9.17) is 4.98 Å². The first-order valence-electron chi connectivity index (χ1n) is 10.5. The van der Waals surface area contributed by atoms with Gasteiger partial charge in [-0.2, -0.15) is 0 Å². The molecule has 28 heavy (non-hydrogen) atoms. The van der Waals surface area contributed by atoms with E-state index in [-0.39, 0.29) is 23.7 Å². The predicted octanol–water partition coefficient (Wildman–Crippen LogP) is 3.16. The van der Waals surface area contributed by atoms with Crippen LogP contribution < -0.4 is 0 Å². The normalized spacial score (nSPS) is 19.5. The molecule has 2 saturated heterocycles. The van der Waals surface area contributed by atoms with Crippen molar-refractivity contribution in [3.05, 3.63) is 30.1 Å².